The highest BCUT2D eigenvalue weighted by molar-refractivity contribution is 5.58. The minimum Gasteiger partial charge on any atom is -0.387 e. The number of hydrogen-bond donors (Lipinski definition) is 3. The third-order valence-electron chi connectivity index (χ3n) is 2.53. The van der Waals surface area contributed by atoms with Gasteiger partial charge in [-0.1, -0.05) is 0 Å². The van der Waals surface area contributed by atoms with Crippen molar-refractivity contribution >= 4 is 6.29 Å². The van der Waals surface area contributed by atoms with Crippen LogP contribution in [0.4, 0.5) is 0 Å². The first kappa shape index (κ1) is 11.7. The summed E-state index contributed by atoms with van der Waals surface area (Å²) in [5, 5.41) is 19.1. The van der Waals surface area contributed by atoms with E-state index in [0.29, 0.717) is 6.29 Å². The number of aliphatic hydroxyl groups is 2. The number of hydrogen-bond acceptors (Lipinski definition) is 6. The fourth-order valence-electron chi connectivity index (χ4n) is 1.66. The lowest BCUT2D eigenvalue weighted by molar-refractivity contribution is -0.122. The van der Waals surface area contributed by atoms with Crippen LogP contribution in [-0.4, -0.2) is 44.4 Å². The van der Waals surface area contributed by atoms with Gasteiger partial charge >= 0.3 is 5.69 Å². The van der Waals surface area contributed by atoms with Crippen LogP contribution in [0.3, 0.4) is 0 Å². The predicted molar refractivity (Wildman–Crippen MR) is 53.3 cm³/mol. The summed E-state index contributed by atoms with van der Waals surface area (Å²) >= 11 is 0. The van der Waals surface area contributed by atoms with Gasteiger partial charge in [-0.3, -0.25) is 14.3 Å². The van der Waals surface area contributed by atoms with Crippen LogP contribution in [0.2, 0.25) is 0 Å². The van der Waals surface area contributed by atoms with E-state index >= 15 is 0 Å². The number of H-pyrrole nitrogens is 1. The largest absolute Gasteiger partial charge is 0.387 e. The van der Waals surface area contributed by atoms with Crippen LogP contribution in [-0.2, 0) is 9.53 Å². The first-order valence-electron chi connectivity index (χ1n) is 4.83. The van der Waals surface area contributed by atoms with Crippen LogP contribution in [0.1, 0.15) is 6.23 Å². The van der Waals surface area contributed by atoms with Gasteiger partial charge in [-0.25, -0.2) is 4.79 Å². The number of nitrogens with zero attached hydrogens (tertiary/aromatic N) is 1. The van der Waals surface area contributed by atoms with Gasteiger partial charge in [0.2, 0.25) is 0 Å². The number of rotatable bonds is 2. The summed E-state index contributed by atoms with van der Waals surface area (Å²) in [6, 6.07) is 1.07. The number of aldehydes is 1. The lowest BCUT2D eigenvalue weighted by atomic mass is 10.1. The Morgan fingerprint density at radius 3 is 2.59 bits per heavy atom. The monoisotopic (exact) mass is 242 g/mol. The van der Waals surface area contributed by atoms with Gasteiger partial charge in [0.1, 0.15) is 18.3 Å². The number of carbonyl (C=O) groups excluding carboxylic acids is 1. The van der Waals surface area contributed by atoms with Crippen molar-refractivity contribution in [1.29, 1.82) is 0 Å². The Kier molecular flexibility index (Phi) is 2.92. The second kappa shape index (κ2) is 4.24. The van der Waals surface area contributed by atoms with Crippen molar-refractivity contribution in [3.05, 3.63) is 33.1 Å². The second-order valence-electron chi connectivity index (χ2n) is 3.63. The standard InChI is InChI=1S/C9H10N2O6/c12-3-4-6(14)7(15)8(17-4)11-2-1-5(13)10-9(11)16/h1-4,6-8,14-15H,(H,10,13,16). The second-order valence-corrected chi connectivity index (χ2v) is 3.63. The van der Waals surface area contributed by atoms with E-state index in [1.54, 1.807) is 0 Å². The van der Waals surface area contributed by atoms with Gasteiger partial charge in [0.05, 0.1) is 0 Å². The summed E-state index contributed by atoms with van der Waals surface area (Å²) in [7, 11) is 0. The molecule has 2 heterocycles. The van der Waals surface area contributed by atoms with Gasteiger partial charge in [0.15, 0.2) is 12.5 Å². The van der Waals surface area contributed by atoms with E-state index in [4.69, 9.17) is 4.74 Å². The summed E-state index contributed by atoms with van der Waals surface area (Å²) in [6.07, 6.45) is -3.77. The van der Waals surface area contributed by atoms with Crippen molar-refractivity contribution < 1.29 is 19.7 Å². The van der Waals surface area contributed by atoms with Gasteiger partial charge < -0.3 is 19.7 Å². The summed E-state index contributed by atoms with van der Waals surface area (Å²) in [6.45, 7) is 0. The number of aromatic amines is 1. The zero-order valence-electron chi connectivity index (χ0n) is 8.52. The highest BCUT2D eigenvalue weighted by atomic mass is 16.6. The van der Waals surface area contributed by atoms with Crippen LogP contribution >= 0.6 is 0 Å². The zero-order valence-corrected chi connectivity index (χ0v) is 8.52. The Labute approximate surface area is 94.1 Å². The molecule has 4 unspecified atom stereocenters. The van der Waals surface area contributed by atoms with Crippen molar-refractivity contribution in [2.24, 2.45) is 0 Å². The molecule has 1 fully saturated rings. The number of carbonyl (C=O) groups is 1. The molecule has 0 aromatic carbocycles. The number of aliphatic hydroxyl groups excluding tert-OH is 2. The quantitative estimate of drug-likeness (QED) is 0.487. The molecule has 2 rings (SSSR count). The van der Waals surface area contributed by atoms with E-state index in [1.807, 2.05) is 4.98 Å². The van der Waals surface area contributed by atoms with Crippen molar-refractivity contribution in [3.63, 3.8) is 0 Å². The normalized spacial score (nSPS) is 32.6. The molecular formula is C9H10N2O6. The van der Waals surface area contributed by atoms with Gasteiger partial charge in [-0.05, 0) is 0 Å². The van der Waals surface area contributed by atoms with Crippen molar-refractivity contribution in [3.8, 4) is 0 Å². The molecule has 1 aromatic heterocycles. The van der Waals surface area contributed by atoms with Crippen LogP contribution < -0.4 is 11.2 Å². The van der Waals surface area contributed by atoms with Crippen LogP contribution in [0.15, 0.2) is 21.9 Å². The van der Waals surface area contributed by atoms with Crippen LogP contribution in [0, 0.1) is 0 Å². The van der Waals surface area contributed by atoms with Crippen LogP contribution in [0.25, 0.3) is 0 Å². The Morgan fingerprint density at radius 2 is 2.06 bits per heavy atom. The summed E-state index contributed by atoms with van der Waals surface area (Å²) in [5.41, 5.74) is -1.38. The van der Waals surface area contributed by atoms with E-state index in [1.165, 1.54) is 0 Å². The van der Waals surface area contributed by atoms with Gasteiger partial charge in [-0.2, -0.15) is 0 Å². The molecule has 0 saturated carbocycles. The molecule has 4 atom stereocenters. The average Bonchev–Trinajstić information content (AvgIpc) is 2.57. The Morgan fingerprint density at radius 1 is 1.35 bits per heavy atom. The van der Waals surface area contributed by atoms with Gasteiger partial charge in [0.25, 0.3) is 5.56 Å². The smallest absolute Gasteiger partial charge is 0.330 e. The molecule has 8 heteroatoms. The third-order valence-corrected chi connectivity index (χ3v) is 2.53. The highest BCUT2D eigenvalue weighted by Gasteiger charge is 2.43. The molecule has 0 aliphatic carbocycles. The van der Waals surface area contributed by atoms with E-state index in [0.717, 1.165) is 16.8 Å². The first-order valence-corrected chi connectivity index (χ1v) is 4.83. The van der Waals surface area contributed by atoms with Crippen molar-refractivity contribution in [2.75, 3.05) is 0 Å². The SMILES string of the molecule is O=CC1OC(n2ccc(=O)[nH]c2=O)C(O)C1O. The molecular weight excluding hydrogens is 232 g/mol. The molecule has 1 aliphatic rings. The van der Waals surface area contributed by atoms with E-state index < -0.39 is 35.8 Å². The lowest BCUT2D eigenvalue weighted by Gasteiger charge is -2.16. The molecule has 0 bridgehead atoms. The molecule has 17 heavy (non-hydrogen) atoms. The fraction of sp³-hybridized carbons (Fsp3) is 0.444. The van der Waals surface area contributed by atoms with Gasteiger partial charge in [-0.15, -0.1) is 0 Å². The fourth-order valence-corrected chi connectivity index (χ4v) is 1.66. The zero-order chi connectivity index (χ0) is 12.6. The maximum absolute atomic E-state index is 11.4. The molecule has 0 radical (unpaired) electrons. The summed E-state index contributed by atoms with van der Waals surface area (Å²) in [5.74, 6) is 0. The molecule has 1 aliphatic heterocycles. The molecule has 0 spiro atoms. The molecule has 3 N–H and O–H groups in total. The minimum atomic E-state index is -1.42. The third kappa shape index (κ3) is 1.93. The Hall–Kier alpha value is -1.77. The maximum Gasteiger partial charge on any atom is 0.330 e. The van der Waals surface area contributed by atoms with E-state index in [2.05, 4.69) is 0 Å². The highest BCUT2D eigenvalue weighted by Crippen LogP contribution is 2.26. The Bertz CT molecular complexity index is 535. The summed E-state index contributed by atoms with van der Waals surface area (Å²) in [4.78, 5) is 34.8. The van der Waals surface area contributed by atoms with E-state index in [9.17, 15) is 24.6 Å². The number of nitrogens with one attached hydrogen (secondary N) is 1. The minimum absolute atomic E-state index is 0.338. The Balaban J connectivity index is 2.38. The first-order chi connectivity index (χ1) is 8.04. The average molecular weight is 242 g/mol. The topological polar surface area (TPSA) is 122 Å². The molecule has 1 saturated heterocycles. The van der Waals surface area contributed by atoms with Crippen LogP contribution in [0.5, 0.6) is 0 Å². The predicted octanol–water partition coefficient (Wildman–Crippen LogP) is -2.65. The molecule has 92 valence electrons. The molecule has 0 amide bonds. The van der Waals surface area contributed by atoms with Crippen molar-refractivity contribution in [2.45, 2.75) is 24.5 Å². The number of aromatic nitrogens is 2. The van der Waals surface area contributed by atoms with Gasteiger partial charge in [0, 0.05) is 12.3 Å². The maximum atomic E-state index is 11.4. The van der Waals surface area contributed by atoms with E-state index in [-0.39, 0.29) is 0 Å². The number of ether oxygens (including phenoxy) is 1. The molecule has 1 aromatic rings. The lowest BCUT2D eigenvalue weighted by Crippen LogP contribution is -2.37. The molecule has 8 nitrogen and oxygen atoms in total. The van der Waals surface area contributed by atoms with Crippen molar-refractivity contribution in [1.82, 2.24) is 9.55 Å². The summed E-state index contributed by atoms with van der Waals surface area (Å²) < 4.78 is 5.92.